The minimum Gasteiger partial charge on any atom is -0.378 e. The molecule has 0 aliphatic carbocycles. The molecule has 0 amide bonds. The fraction of sp³-hybridized carbons (Fsp3) is 0.214. The number of anilines is 1. The van der Waals surface area contributed by atoms with Gasteiger partial charge in [-0.25, -0.2) is 0 Å². The highest BCUT2D eigenvalue weighted by molar-refractivity contribution is 5.76. The maximum Gasteiger partial charge on any atom is 0.166 e. The Kier molecular flexibility index (Phi) is 3.00. The standard InChI is InChI=1S/C14H16N2O/c1-15(2)12-6-4-11(5-7-12)14-9-8-13(10-17)16(14)3/h4-10H,1-3H3. The van der Waals surface area contributed by atoms with Crippen LogP contribution in [0.5, 0.6) is 0 Å². The maximum absolute atomic E-state index is 10.8. The topological polar surface area (TPSA) is 25.2 Å². The molecule has 17 heavy (non-hydrogen) atoms. The number of rotatable bonds is 3. The van der Waals surface area contributed by atoms with Crippen LogP contribution in [0.3, 0.4) is 0 Å². The molecule has 0 aliphatic heterocycles. The molecule has 0 atom stereocenters. The molecule has 1 aromatic carbocycles. The third kappa shape index (κ3) is 2.09. The largest absolute Gasteiger partial charge is 0.378 e. The second-order valence-corrected chi connectivity index (χ2v) is 4.26. The molecular weight excluding hydrogens is 212 g/mol. The van der Waals surface area contributed by atoms with Crippen molar-refractivity contribution in [2.24, 2.45) is 7.05 Å². The van der Waals surface area contributed by atoms with Crippen LogP contribution in [0.1, 0.15) is 10.5 Å². The minimum absolute atomic E-state index is 0.691. The van der Waals surface area contributed by atoms with Crippen LogP contribution in [0.25, 0.3) is 11.3 Å². The predicted molar refractivity (Wildman–Crippen MR) is 70.6 cm³/mol. The zero-order valence-electron chi connectivity index (χ0n) is 10.3. The molecule has 3 nitrogen and oxygen atoms in total. The van der Waals surface area contributed by atoms with Gasteiger partial charge in [0.2, 0.25) is 0 Å². The lowest BCUT2D eigenvalue weighted by atomic mass is 10.1. The van der Waals surface area contributed by atoms with Crippen molar-refractivity contribution in [3.05, 3.63) is 42.1 Å². The normalized spacial score (nSPS) is 10.3. The third-order valence-corrected chi connectivity index (χ3v) is 2.96. The minimum atomic E-state index is 0.691. The molecule has 0 aliphatic rings. The Morgan fingerprint density at radius 2 is 1.71 bits per heavy atom. The zero-order chi connectivity index (χ0) is 12.4. The van der Waals surface area contributed by atoms with Crippen molar-refractivity contribution in [3.8, 4) is 11.3 Å². The van der Waals surface area contributed by atoms with Gasteiger partial charge < -0.3 is 9.47 Å². The molecule has 0 N–H and O–H groups in total. The first-order chi connectivity index (χ1) is 8.13. The number of hydrogen-bond donors (Lipinski definition) is 0. The zero-order valence-corrected chi connectivity index (χ0v) is 10.3. The summed E-state index contributed by atoms with van der Waals surface area (Å²) in [6.07, 6.45) is 0.873. The molecule has 1 heterocycles. The maximum atomic E-state index is 10.8. The average Bonchev–Trinajstić information content (AvgIpc) is 2.70. The summed E-state index contributed by atoms with van der Waals surface area (Å²) in [5.41, 5.74) is 4.03. The number of aldehydes is 1. The summed E-state index contributed by atoms with van der Waals surface area (Å²) in [5, 5.41) is 0. The van der Waals surface area contributed by atoms with Crippen molar-refractivity contribution in [1.82, 2.24) is 4.57 Å². The molecule has 0 bridgehead atoms. The molecule has 3 heteroatoms. The Labute approximate surface area is 101 Å². The fourth-order valence-corrected chi connectivity index (χ4v) is 1.87. The van der Waals surface area contributed by atoms with E-state index in [1.165, 1.54) is 5.69 Å². The molecule has 0 saturated heterocycles. The molecule has 0 unspecified atom stereocenters. The first-order valence-electron chi connectivity index (χ1n) is 5.52. The molecular formula is C14H16N2O. The van der Waals surface area contributed by atoms with E-state index in [-0.39, 0.29) is 0 Å². The van der Waals surface area contributed by atoms with E-state index in [0.29, 0.717) is 5.69 Å². The van der Waals surface area contributed by atoms with E-state index < -0.39 is 0 Å². The van der Waals surface area contributed by atoms with Gasteiger partial charge in [-0.05, 0) is 29.8 Å². The Morgan fingerprint density at radius 1 is 1.06 bits per heavy atom. The summed E-state index contributed by atoms with van der Waals surface area (Å²) < 4.78 is 1.90. The average molecular weight is 228 g/mol. The highest BCUT2D eigenvalue weighted by Crippen LogP contribution is 2.23. The number of carbonyl (C=O) groups is 1. The van der Waals surface area contributed by atoms with E-state index >= 15 is 0 Å². The number of hydrogen-bond acceptors (Lipinski definition) is 2. The highest BCUT2D eigenvalue weighted by Gasteiger charge is 2.06. The molecule has 2 rings (SSSR count). The first kappa shape index (κ1) is 11.5. The number of nitrogens with zero attached hydrogens (tertiary/aromatic N) is 2. The van der Waals surface area contributed by atoms with Crippen LogP contribution in [0, 0.1) is 0 Å². The summed E-state index contributed by atoms with van der Waals surface area (Å²) >= 11 is 0. The number of aromatic nitrogens is 1. The van der Waals surface area contributed by atoms with Crippen molar-refractivity contribution in [2.45, 2.75) is 0 Å². The van der Waals surface area contributed by atoms with Crippen molar-refractivity contribution < 1.29 is 4.79 Å². The van der Waals surface area contributed by atoms with Gasteiger partial charge in [0.15, 0.2) is 6.29 Å². The van der Waals surface area contributed by atoms with Gasteiger partial charge in [-0.15, -0.1) is 0 Å². The Hall–Kier alpha value is -2.03. The number of carbonyl (C=O) groups excluding carboxylic acids is 1. The van der Waals surface area contributed by atoms with Crippen LogP contribution in [0.4, 0.5) is 5.69 Å². The Bertz CT molecular complexity index is 524. The molecule has 88 valence electrons. The third-order valence-electron chi connectivity index (χ3n) is 2.96. The molecule has 0 saturated carbocycles. The molecule has 0 radical (unpaired) electrons. The smallest absolute Gasteiger partial charge is 0.166 e. The van der Waals surface area contributed by atoms with Gasteiger partial charge in [0.05, 0.1) is 5.69 Å². The summed E-state index contributed by atoms with van der Waals surface area (Å²) in [6.45, 7) is 0. The monoisotopic (exact) mass is 228 g/mol. The summed E-state index contributed by atoms with van der Waals surface area (Å²) in [4.78, 5) is 12.8. The van der Waals surface area contributed by atoms with Gasteiger partial charge in [0.1, 0.15) is 0 Å². The number of benzene rings is 1. The van der Waals surface area contributed by atoms with E-state index in [0.717, 1.165) is 17.5 Å². The lowest BCUT2D eigenvalue weighted by Gasteiger charge is -2.13. The molecule has 1 aromatic heterocycles. The van der Waals surface area contributed by atoms with Crippen molar-refractivity contribution in [3.63, 3.8) is 0 Å². The van der Waals surface area contributed by atoms with E-state index in [1.54, 1.807) is 0 Å². The van der Waals surface area contributed by atoms with Gasteiger partial charge in [0.25, 0.3) is 0 Å². The van der Waals surface area contributed by atoms with Crippen LogP contribution in [-0.2, 0) is 7.05 Å². The van der Waals surface area contributed by atoms with Crippen molar-refractivity contribution in [2.75, 3.05) is 19.0 Å². The lowest BCUT2D eigenvalue weighted by molar-refractivity contribution is 0.111. The highest BCUT2D eigenvalue weighted by atomic mass is 16.1. The summed E-state index contributed by atoms with van der Waals surface area (Å²) in [7, 11) is 5.93. The van der Waals surface area contributed by atoms with Gasteiger partial charge in [-0.2, -0.15) is 0 Å². The Morgan fingerprint density at radius 3 is 2.18 bits per heavy atom. The van der Waals surface area contributed by atoms with Gasteiger partial charge in [0, 0.05) is 32.5 Å². The van der Waals surface area contributed by atoms with Crippen molar-refractivity contribution in [1.29, 1.82) is 0 Å². The first-order valence-corrected chi connectivity index (χ1v) is 5.52. The van der Waals surface area contributed by atoms with Gasteiger partial charge in [-0.1, -0.05) is 12.1 Å². The van der Waals surface area contributed by atoms with Gasteiger partial charge in [-0.3, -0.25) is 4.79 Å². The van der Waals surface area contributed by atoms with Gasteiger partial charge >= 0.3 is 0 Å². The molecule has 0 spiro atoms. The quantitative estimate of drug-likeness (QED) is 0.754. The van der Waals surface area contributed by atoms with Crippen molar-refractivity contribution >= 4 is 12.0 Å². The SMILES string of the molecule is CN(C)c1ccc(-c2ccc(C=O)n2C)cc1. The Balaban J connectivity index is 2.39. The molecule has 0 fully saturated rings. The van der Waals surface area contributed by atoms with Crippen LogP contribution in [0.2, 0.25) is 0 Å². The van der Waals surface area contributed by atoms with Crippen LogP contribution in [0.15, 0.2) is 36.4 Å². The molecule has 2 aromatic rings. The summed E-state index contributed by atoms with van der Waals surface area (Å²) in [6, 6.07) is 12.1. The second kappa shape index (κ2) is 4.45. The van der Waals surface area contributed by atoms with E-state index in [2.05, 4.69) is 29.2 Å². The van der Waals surface area contributed by atoms with Crippen LogP contribution < -0.4 is 4.90 Å². The van der Waals surface area contributed by atoms with E-state index in [4.69, 9.17) is 0 Å². The van der Waals surface area contributed by atoms with Crippen LogP contribution in [-0.4, -0.2) is 24.9 Å². The van der Waals surface area contributed by atoms with Crippen LogP contribution >= 0.6 is 0 Å². The van der Waals surface area contributed by atoms with E-state index in [1.807, 2.05) is 37.8 Å². The fourth-order valence-electron chi connectivity index (χ4n) is 1.87. The predicted octanol–water partition coefficient (Wildman–Crippen LogP) is 2.57. The summed E-state index contributed by atoms with van der Waals surface area (Å²) in [5.74, 6) is 0. The van der Waals surface area contributed by atoms with E-state index in [9.17, 15) is 4.79 Å². The lowest BCUT2D eigenvalue weighted by Crippen LogP contribution is -2.08. The second-order valence-electron chi connectivity index (χ2n) is 4.26.